The molecule has 0 fully saturated rings. The number of aliphatic hydroxyl groups is 1. The summed E-state index contributed by atoms with van der Waals surface area (Å²) in [5.41, 5.74) is 2.41. The van der Waals surface area contributed by atoms with Crippen LogP contribution in [0.25, 0.3) is 5.57 Å². The van der Waals surface area contributed by atoms with Gasteiger partial charge < -0.3 is 20.5 Å². The number of anilines is 2. The van der Waals surface area contributed by atoms with E-state index in [2.05, 4.69) is 10.6 Å². The molecular formula is C29H22F3N3O4. The van der Waals surface area contributed by atoms with Crippen LogP contribution in [0.1, 0.15) is 22.3 Å². The van der Waals surface area contributed by atoms with Gasteiger partial charge in [0.2, 0.25) is 5.91 Å². The minimum absolute atomic E-state index is 0.0490. The Balaban J connectivity index is 1.59. The Morgan fingerprint density at radius 3 is 2.41 bits per heavy atom. The molecule has 3 aromatic carbocycles. The quantitative estimate of drug-likeness (QED) is 0.289. The number of halogens is 3. The van der Waals surface area contributed by atoms with Crippen molar-refractivity contribution in [1.82, 2.24) is 0 Å². The number of benzene rings is 3. The molecule has 1 unspecified atom stereocenters. The van der Waals surface area contributed by atoms with Crippen molar-refractivity contribution in [3.8, 4) is 11.8 Å². The van der Waals surface area contributed by atoms with Crippen LogP contribution in [-0.4, -0.2) is 29.6 Å². The Hall–Kier alpha value is -4.88. The summed E-state index contributed by atoms with van der Waals surface area (Å²) in [4.78, 5) is 24.4. The monoisotopic (exact) mass is 533 g/mol. The van der Waals surface area contributed by atoms with E-state index in [-0.39, 0.29) is 13.0 Å². The number of amides is 2. The number of rotatable bonds is 7. The number of nitrogens with zero attached hydrogens (tertiary/aromatic N) is 1. The molecule has 198 valence electrons. The molecule has 0 aliphatic carbocycles. The number of aliphatic hydroxyl groups excluding tert-OH is 1. The van der Waals surface area contributed by atoms with Gasteiger partial charge in [-0.3, -0.25) is 9.59 Å². The fourth-order valence-electron chi connectivity index (χ4n) is 3.99. The first kappa shape index (κ1) is 27.2. The van der Waals surface area contributed by atoms with Crippen LogP contribution in [0.5, 0.6) is 5.75 Å². The highest BCUT2D eigenvalue weighted by Crippen LogP contribution is 2.32. The number of alkyl halides is 3. The summed E-state index contributed by atoms with van der Waals surface area (Å²) in [5.74, 6) is -0.552. The molecule has 3 N–H and O–H groups in total. The molecule has 1 atom stereocenters. The van der Waals surface area contributed by atoms with Crippen LogP contribution in [0.4, 0.5) is 24.5 Å². The maximum Gasteiger partial charge on any atom is 0.416 e. The molecule has 2 amide bonds. The topological polar surface area (TPSA) is 111 Å². The Labute approximate surface area is 221 Å². The predicted octanol–water partition coefficient (Wildman–Crippen LogP) is 5.09. The summed E-state index contributed by atoms with van der Waals surface area (Å²) in [6.45, 7) is -0.130. The van der Waals surface area contributed by atoms with Gasteiger partial charge in [0, 0.05) is 29.4 Å². The molecule has 3 aromatic rings. The summed E-state index contributed by atoms with van der Waals surface area (Å²) in [6.07, 6.45) is -1.34. The zero-order valence-electron chi connectivity index (χ0n) is 20.3. The molecule has 1 aliphatic rings. The Morgan fingerprint density at radius 2 is 1.77 bits per heavy atom. The summed E-state index contributed by atoms with van der Waals surface area (Å²) >= 11 is 0. The molecule has 0 radical (unpaired) electrons. The van der Waals surface area contributed by atoms with Gasteiger partial charge in [0.15, 0.2) is 6.61 Å². The van der Waals surface area contributed by atoms with Crippen molar-refractivity contribution in [2.75, 3.05) is 17.2 Å². The van der Waals surface area contributed by atoms with E-state index in [9.17, 15) is 27.9 Å². The van der Waals surface area contributed by atoms with Gasteiger partial charge in [-0.05, 0) is 53.1 Å². The van der Waals surface area contributed by atoms with E-state index in [1.165, 1.54) is 24.3 Å². The lowest BCUT2D eigenvalue weighted by Gasteiger charge is -2.23. The van der Waals surface area contributed by atoms with E-state index in [1.54, 1.807) is 48.5 Å². The number of carbonyl (C=O) groups is 2. The Morgan fingerprint density at radius 1 is 1.10 bits per heavy atom. The number of nitrogens with one attached hydrogen (secondary N) is 2. The number of allylic oxidation sites excluding steroid dienone is 2. The van der Waals surface area contributed by atoms with Gasteiger partial charge in [0.1, 0.15) is 17.9 Å². The smallest absolute Gasteiger partial charge is 0.416 e. The third kappa shape index (κ3) is 6.71. The Kier molecular flexibility index (Phi) is 8.13. The molecule has 0 spiro atoms. The number of carbonyl (C=O) groups excluding carboxylic acids is 2. The lowest BCUT2D eigenvalue weighted by molar-refractivity contribution is -0.137. The Bertz CT molecular complexity index is 1470. The zero-order valence-corrected chi connectivity index (χ0v) is 20.3. The van der Waals surface area contributed by atoms with Crippen LogP contribution in [-0.2, 0) is 22.2 Å². The number of nitriles is 1. The molecule has 7 nitrogen and oxygen atoms in total. The largest absolute Gasteiger partial charge is 0.479 e. The summed E-state index contributed by atoms with van der Waals surface area (Å²) in [7, 11) is 0. The summed E-state index contributed by atoms with van der Waals surface area (Å²) in [6, 6.07) is 18.1. The van der Waals surface area contributed by atoms with Gasteiger partial charge in [-0.2, -0.15) is 18.4 Å². The van der Waals surface area contributed by atoms with Crippen molar-refractivity contribution in [1.29, 1.82) is 5.26 Å². The zero-order chi connectivity index (χ0) is 28.0. The second kappa shape index (κ2) is 11.7. The highest BCUT2D eigenvalue weighted by atomic mass is 19.4. The normalized spacial score (nSPS) is 15.3. The third-order valence-corrected chi connectivity index (χ3v) is 5.89. The van der Waals surface area contributed by atoms with E-state index in [1.807, 2.05) is 6.07 Å². The average Bonchev–Trinajstić information content (AvgIpc) is 2.91. The van der Waals surface area contributed by atoms with Crippen molar-refractivity contribution in [3.05, 3.63) is 107 Å². The van der Waals surface area contributed by atoms with Crippen LogP contribution < -0.4 is 15.4 Å². The summed E-state index contributed by atoms with van der Waals surface area (Å²) in [5, 5.41) is 23.9. The molecule has 0 saturated heterocycles. The first-order chi connectivity index (χ1) is 18.7. The fraction of sp³-hybridized carbons (Fsp3) is 0.138. The lowest BCUT2D eigenvalue weighted by atomic mass is 9.96. The molecule has 0 bridgehead atoms. The highest BCUT2D eigenvalue weighted by Gasteiger charge is 2.30. The maximum atomic E-state index is 13.1. The number of fused-ring (bicyclic) bond motifs is 1. The first-order valence-corrected chi connectivity index (χ1v) is 11.7. The van der Waals surface area contributed by atoms with Crippen LogP contribution in [0.2, 0.25) is 0 Å². The SMILES string of the molecule is N#CCOc1ccc(/C(=C\C=C\C(=O)Nc2cccc3c2CC(O)C(=O)N3)c2ccc(C(F)(F)F)cc2)cc1. The van der Waals surface area contributed by atoms with Gasteiger partial charge in [0.05, 0.1) is 5.56 Å². The van der Waals surface area contributed by atoms with Crippen molar-refractivity contribution < 1.29 is 32.6 Å². The van der Waals surface area contributed by atoms with Gasteiger partial charge in [0.25, 0.3) is 5.91 Å². The second-order valence-corrected chi connectivity index (χ2v) is 8.52. The van der Waals surface area contributed by atoms with E-state index in [0.29, 0.717) is 39.4 Å². The molecule has 0 saturated carbocycles. The van der Waals surface area contributed by atoms with Crippen LogP contribution in [0.15, 0.2) is 85.0 Å². The van der Waals surface area contributed by atoms with Crippen molar-refractivity contribution in [2.24, 2.45) is 0 Å². The second-order valence-electron chi connectivity index (χ2n) is 8.52. The highest BCUT2D eigenvalue weighted by molar-refractivity contribution is 6.03. The lowest BCUT2D eigenvalue weighted by Crippen LogP contribution is -2.34. The van der Waals surface area contributed by atoms with Gasteiger partial charge in [-0.25, -0.2) is 0 Å². The first-order valence-electron chi connectivity index (χ1n) is 11.7. The van der Waals surface area contributed by atoms with Crippen molar-refractivity contribution in [3.63, 3.8) is 0 Å². The van der Waals surface area contributed by atoms with E-state index < -0.39 is 29.7 Å². The molecule has 39 heavy (non-hydrogen) atoms. The van der Waals surface area contributed by atoms with Crippen LogP contribution >= 0.6 is 0 Å². The minimum Gasteiger partial charge on any atom is -0.479 e. The van der Waals surface area contributed by atoms with E-state index >= 15 is 0 Å². The minimum atomic E-state index is -4.48. The van der Waals surface area contributed by atoms with Gasteiger partial charge >= 0.3 is 6.18 Å². The van der Waals surface area contributed by atoms with E-state index in [4.69, 9.17) is 10.00 Å². The molecule has 0 aromatic heterocycles. The standard InChI is InChI=1S/C29H22F3N3O4/c30-29(31,32)20-11-7-18(8-12-20)22(19-9-13-21(14-10-19)39-16-15-33)3-1-6-27(37)34-24-4-2-5-25-23(24)17-26(36)28(38)35-25/h1-14,26,36H,16-17H2,(H,34,37)(H,35,38)/b6-1+,22-3-. The maximum absolute atomic E-state index is 13.1. The van der Waals surface area contributed by atoms with Gasteiger partial charge in [-0.1, -0.05) is 42.5 Å². The van der Waals surface area contributed by atoms with Crippen LogP contribution in [0.3, 0.4) is 0 Å². The third-order valence-electron chi connectivity index (χ3n) is 5.89. The molecule has 1 heterocycles. The summed E-state index contributed by atoms with van der Waals surface area (Å²) < 4.78 is 44.5. The van der Waals surface area contributed by atoms with Crippen molar-refractivity contribution >= 4 is 28.8 Å². The number of ether oxygens (including phenoxy) is 1. The molecular weight excluding hydrogens is 511 g/mol. The molecule has 10 heteroatoms. The van der Waals surface area contributed by atoms with E-state index in [0.717, 1.165) is 12.1 Å². The molecule has 1 aliphatic heterocycles. The average molecular weight is 534 g/mol. The fourth-order valence-corrected chi connectivity index (χ4v) is 3.99. The van der Waals surface area contributed by atoms with Crippen molar-refractivity contribution in [2.45, 2.75) is 18.7 Å². The van der Waals surface area contributed by atoms with Crippen LogP contribution in [0, 0.1) is 11.3 Å². The number of hydrogen-bond donors (Lipinski definition) is 3. The predicted molar refractivity (Wildman–Crippen MR) is 139 cm³/mol. The van der Waals surface area contributed by atoms with Gasteiger partial charge in [-0.15, -0.1) is 0 Å². The molecule has 4 rings (SSSR count). The number of hydrogen-bond acceptors (Lipinski definition) is 5.